The highest BCUT2D eigenvalue weighted by Crippen LogP contribution is 2.22. The zero-order valence-electron chi connectivity index (χ0n) is 11.4. The number of rotatable bonds is 0. The third kappa shape index (κ3) is 9.81. The molecule has 0 aromatic heterocycles. The van der Waals surface area contributed by atoms with Crippen LogP contribution in [-0.4, -0.2) is 18.7 Å². The van der Waals surface area contributed by atoms with Crippen molar-refractivity contribution < 1.29 is 9.53 Å². The van der Waals surface area contributed by atoms with E-state index in [4.69, 9.17) is 4.74 Å². The van der Waals surface area contributed by atoms with Gasteiger partial charge in [-0.05, 0) is 26.7 Å². The first-order valence-corrected chi connectivity index (χ1v) is 6.26. The van der Waals surface area contributed by atoms with Crippen LogP contribution >= 0.6 is 0 Å². The van der Waals surface area contributed by atoms with Gasteiger partial charge in [0.2, 0.25) is 0 Å². The van der Waals surface area contributed by atoms with Gasteiger partial charge in [-0.25, -0.2) is 4.79 Å². The van der Waals surface area contributed by atoms with Crippen molar-refractivity contribution >= 4 is 6.09 Å². The van der Waals surface area contributed by atoms with Gasteiger partial charge in [0, 0.05) is 7.05 Å². The summed E-state index contributed by atoms with van der Waals surface area (Å²) < 4.78 is 4.84. The van der Waals surface area contributed by atoms with E-state index in [1.807, 2.05) is 20.8 Å². The molecule has 0 unspecified atom stereocenters. The van der Waals surface area contributed by atoms with Crippen LogP contribution in [0, 0.1) is 5.92 Å². The fourth-order valence-corrected chi connectivity index (χ4v) is 1.64. The molecule has 0 heterocycles. The number of ether oxygens (including phenoxy) is 1. The number of nitrogens with one attached hydrogen (secondary N) is 1. The van der Waals surface area contributed by atoms with E-state index < -0.39 is 0 Å². The van der Waals surface area contributed by atoms with Gasteiger partial charge in [0.05, 0.1) is 0 Å². The van der Waals surface area contributed by atoms with Gasteiger partial charge in [-0.15, -0.1) is 0 Å². The minimum absolute atomic E-state index is 0.387. The predicted octanol–water partition coefficient (Wildman–Crippen LogP) is 3.73. The molecule has 1 aliphatic carbocycles. The molecular formula is C13H27NO2. The monoisotopic (exact) mass is 229 g/mol. The first-order valence-electron chi connectivity index (χ1n) is 6.26. The van der Waals surface area contributed by atoms with E-state index in [2.05, 4.69) is 12.2 Å². The van der Waals surface area contributed by atoms with Crippen molar-refractivity contribution in [3.05, 3.63) is 0 Å². The Kier molecular flexibility index (Phi) is 7.18. The Labute approximate surface area is 99.9 Å². The largest absolute Gasteiger partial charge is 0.444 e. The standard InChI is InChI=1S/C7H14.C6H13NO2/c1-7-5-3-2-4-6-7;1-6(2,3)9-5(8)7-4/h7H,2-6H2,1H3;1-4H3,(H,7,8). The van der Waals surface area contributed by atoms with E-state index in [9.17, 15) is 4.79 Å². The molecule has 0 aliphatic heterocycles. The van der Waals surface area contributed by atoms with E-state index in [1.54, 1.807) is 0 Å². The van der Waals surface area contributed by atoms with Crippen molar-refractivity contribution in [2.75, 3.05) is 7.05 Å². The van der Waals surface area contributed by atoms with Gasteiger partial charge < -0.3 is 10.1 Å². The highest BCUT2D eigenvalue weighted by atomic mass is 16.6. The Morgan fingerprint density at radius 3 is 1.88 bits per heavy atom. The van der Waals surface area contributed by atoms with Crippen molar-refractivity contribution in [3.8, 4) is 0 Å². The zero-order valence-corrected chi connectivity index (χ0v) is 11.4. The van der Waals surface area contributed by atoms with Gasteiger partial charge in [0.15, 0.2) is 0 Å². The summed E-state index contributed by atoms with van der Waals surface area (Å²) in [7, 11) is 1.54. The van der Waals surface area contributed by atoms with E-state index in [0.717, 1.165) is 5.92 Å². The van der Waals surface area contributed by atoms with Crippen LogP contribution < -0.4 is 5.32 Å². The van der Waals surface area contributed by atoms with E-state index in [0.29, 0.717) is 0 Å². The van der Waals surface area contributed by atoms with Crippen molar-refractivity contribution in [1.29, 1.82) is 0 Å². The van der Waals surface area contributed by atoms with E-state index in [-0.39, 0.29) is 11.7 Å². The van der Waals surface area contributed by atoms with Crippen LogP contribution in [0.4, 0.5) is 4.79 Å². The molecular weight excluding hydrogens is 202 g/mol. The van der Waals surface area contributed by atoms with Gasteiger partial charge >= 0.3 is 6.09 Å². The van der Waals surface area contributed by atoms with Crippen LogP contribution in [0.3, 0.4) is 0 Å². The lowest BCUT2D eigenvalue weighted by Crippen LogP contribution is -2.30. The average Bonchev–Trinajstić information content (AvgIpc) is 2.17. The summed E-state index contributed by atoms with van der Waals surface area (Å²) in [5, 5.41) is 2.36. The molecule has 0 aromatic rings. The Morgan fingerprint density at radius 1 is 1.19 bits per heavy atom. The lowest BCUT2D eigenvalue weighted by Gasteiger charge is -2.18. The number of hydrogen-bond acceptors (Lipinski definition) is 2. The molecule has 96 valence electrons. The van der Waals surface area contributed by atoms with Crippen molar-refractivity contribution in [3.63, 3.8) is 0 Å². The maximum atomic E-state index is 10.5. The Balaban J connectivity index is 0.000000288. The second kappa shape index (κ2) is 7.53. The summed E-state index contributed by atoms with van der Waals surface area (Å²) in [4.78, 5) is 10.5. The zero-order chi connectivity index (χ0) is 12.6. The van der Waals surface area contributed by atoms with Gasteiger partial charge in [0.25, 0.3) is 0 Å². The third-order valence-electron chi connectivity index (χ3n) is 2.50. The van der Waals surface area contributed by atoms with Crippen LogP contribution in [0.15, 0.2) is 0 Å². The molecule has 0 aromatic carbocycles. The average molecular weight is 229 g/mol. The number of alkyl carbamates (subject to hydrolysis) is 1. The second-order valence-corrected chi connectivity index (χ2v) is 5.50. The van der Waals surface area contributed by atoms with Gasteiger partial charge in [-0.2, -0.15) is 0 Å². The SMILES string of the molecule is CC1CCCCC1.CNC(=O)OC(C)(C)C. The summed E-state index contributed by atoms with van der Waals surface area (Å²) in [5.41, 5.74) is -0.389. The molecule has 0 bridgehead atoms. The summed E-state index contributed by atoms with van der Waals surface area (Å²) in [6, 6.07) is 0. The molecule has 3 nitrogen and oxygen atoms in total. The summed E-state index contributed by atoms with van der Waals surface area (Å²) >= 11 is 0. The van der Waals surface area contributed by atoms with E-state index in [1.165, 1.54) is 39.2 Å². The summed E-state index contributed by atoms with van der Waals surface area (Å²) in [6.07, 6.45) is 7.05. The molecule has 16 heavy (non-hydrogen) atoms. The molecule has 0 radical (unpaired) electrons. The van der Waals surface area contributed by atoms with Gasteiger partial charge in [-0.1, -0.05) is 39.0 Å². The van der Waals surface area contributed by atoms with Crippen molar-refractivity contribution in [2.45, 2.75) is 65.4 Å². The summed E-state index contributed by atoms with van der Waals surface area (Å²) in [6.45, 7) is 7.83. The maximum absolute atomic E-state index is 10.5. The van der Waals surface area contributed by atoms with Crippen LogP contribution in [0.2, 0.25) is 0 Å². The minimum atomic E-state index is -0.389. The molecule has 0 spiro atoms. The van der Waals surface area contributed by atoms with Crippen LogP contribution in [0.1, 0.15) is 59.8 Å². The number of carbonyl (C=O) groups is 1. The molecule has 1 saturated carbocycles. The smallest absolute Gasteiger partial charge is 0.407 e. The molecule has 1 aliphatic rings. The molecule has 1 amide bonds. The Hall–Kier alpha value is -0.730. The van der Waals surface area contributed by atoms with Gasteiger partial charge in [-0.3, -0.25) is 0 Å². The summed E-state index contributed by atoms with van der Waals surface area (Å²) in [5.74, 6) is 1.04. The molecule has 0 atom stereocenters. The van der Waals surface area contributed by atoms with Gasteiger partial charge in [0.1, 0.15) is 5.60 Å². The van der Waals surface area contributed by atoms with E-state index >= 15 is 0 Å². The minimum Gasteiger partial charge on any atom is -0.444 e. The molecule has 0 saturated heterocycles. The number of hydrogen-bond donors (Lipinski definition) is 1. The van der Waals surface area contributed by atoms with Crippen LogP contribution in [-0.2, 0) is 4.74 Å². The van der Waals surface area contributed by atoms with Crippen LogP contribution in [0.25, 0.3) is 0 Å². The topological polar surface area (TPSA) is 38.3 Å². The first-order chi connectivity index (χ1) is 7.35. The normalized spacial score (nSPS) is 17.1. The molecule has 1 rings (SSSR count). The highest BCUT2D eigenvalue weighted by molar-refractivity contribution is 5.67. The molecule has 3 heteroatoms. The maximum Gasteiger partial charge on any atom is 0.407 e. The van der Waals surface area contributed by atoms with Crippen molar-refractivity contribution in [1.82, 2.24) is 5.32 Å². The second-order valence-electron chi connectivity index (χ2n) is 5.50. The quantitative estimate of drug-likeness (QED) is 0.687. The first kappa shape index (κ1) is 15.3. The third-order valence-corrected chi connectivity index (χ3v) is 2.50. The molecule has 1 N–H and O–H groups in total. The van der Waals surface area contributed by atoms with Crippen molar-refractivity contribution in [2.24, 2.45) is 5.92 Å². The van der Waals surface area contributed by atoms with Crippen LogP contribution in [0.5, 0.6) is 0 Å². The molecule has 1 fully saturated rings. The Bertz CT molecular complexity index is 191. The number of carbonyl (C=O) groups excluding carboxylic acids is 1. The lowest BCUT2D eigenvalue weighted by molar-refractivity contribution is 0.0541. The number of amides is 1. The predicted molar refractivity (Wildman–Crippen MR) is 67.5 cm³/mol. The fraction of sp³-hybridized carbons (Fsp3) is 0.923. The lowest BCUT2D eigenvalue weighted by atomic mass is 9.91. The Morgan fingerprint density at radius 2 is 1.69 bits per heavy atom. The fourth-order valence-electron chi connectivity index (χ4n) is 1.64. The highest BCUT2D eigenvalue weighted by Gasteiger charge is 2.13.